The Morgan fingerprint density at radius 2 is 1.69 bits per heavy atom. The molecule has 4 rings (SSSR count). The Balaban J connectivity index is 0.00000289. The van der Waals surface area contributed by atoms with Crippen LogP contribution in [-0.2, 0) is 9.59 Å². The first-order valence-corrected chi connectivity index (χ1v) is 12.3. The third-order valence-corrected chi connectivity index (χ3v) is 7.57. The highest BCUT2D eigenvalue weighted by molar-refractivity contribution is 14.0. The molecule has 2 heterocycles. The van der Waals surface area contributed by atoms with E-state index in [1.807, 2.05) is 0 Å². The molecule has 0 radical (unpaired) electrons. The van der Waals surface area contributed by atoms with Gasteiger partial charge in [0.1, 0.15) is 0 Å². The van der Waals surface area contributed by atoms with Crippen molar-refractivity contribution in [3.63, 3.8) is 0 Å². The van der Waals surface area contributed by atoms with Gasteiger partial charge in [-0.2, -0.15) is 0 Å². The summed E-state index contributed by atoms with van der Waals surface area (Å²) in [5.41, 5.74) is 0. The largest absolute Gasteiger partial charge is 0.356 e. The van der Waals surface area contributed by atoms with Gasteiger partial charge in [-0.3, -0.25) is 19.5 Å². The van der Waals surface area contributed by atoms with Crippen molar-refractivity contribution in [3.05, 3.63) is 12.2 Å². The maximum atomic E-state index is 12.7. The minimum Gasteiger partial charge on any atom is -0.356 e. The van der Waals surface area contributed by atoms with E-state index in [9.17, 15) is 9.59 Å². The Bertz CT molecular complexity index is 697. The Hall–Kier alpha value is -1.16. The Labute approximate surface area is 209 Å². The number of hydrogen-bond donors (Lipinski definition) is 2. The maximum absolute atomic E-state index is 12.7. The topological polar surface area (TPSA) is 77.0 Å². The Morgan fingerprint density at radius 3 is 2.31 bits per heavy atom. The molecule has 32 heavy (non-hydrogen) atoms. The van der Waals surface area contributed by atoms with Gasteiger partial charge in [0.2, 0.25) is 11.8 Å². The zero-order chi connectivity index (χ0) is 21.8. The first-order chi connectivity index (χ1) is 15.1. The van der Waals surface area contributed by atoms with Gasteiger partial charge < -0.3 is 15.5 Å². The van der Waals surface area contributed by atoms with Crippen molar-refractivity contribution in [3.8, 4) is 0 Å². The number of nitrogens with one attached hydrogen (secondary N) is 2. The highest BCUT2D eigenvalue weighted by Gasteiger charge is 2.58. The zero-order valence-corrected chi connectivity index (χ0v) is 21.9. The van der Waals surface area contributed by atoms with E-state index in [2.05, 4.69) is 39.6 Å². The number of likely N-dealkylation sites (tertiary alicyclic amines) is 2. The molecular formula is C24H40IN5O2. The number of piperidine rings is 1. The SMILES string of the molecule is CN=C(NCCCCN1CCCC(C)C1)NCCCN1C(=O)C2C3C=CC(C3)C2C1=O.I. The van der Waals surface area contributed by atoms with Crippen LogP contribution in [0.15, 0.2) is 17.1 Å². The summed E-state index contributed by atoms with van der Waals surface area (Å²) in [4.78, 5) is 33.8. The number of amides is 2. The average molecular weight is 558 g/mol. The molecule has 1 saturated carbocycles. The van der Waals surface area contributed by atoms with Gasteiger partial charge in [0.05, 0.1) is 11.8 Å². The smallest absolute Gasteiger partial charge is 0.233 e. The summed E-state index contributed by atoms with van der Waals surface area (Å²) < 4.78 is 0. The van der Waals surface area contributed by atoms with E-state index in [0.717, 1.165) is 37.7 Å². The van der Waals surface area contributed by atoms with Crippen molar-refractivity contribution in [1.29, 1.82) is 0 Å². The fourth-order valence-corrected chi connectivity index (χ4v) is 6.01. The molecule has 5 atom stereocenters. The minimum atomic E-state index is -0.0851. The van der Waals surface area contributed by atoms with Gasteiger partial charge in [-0.15, -0.1) is 24.0 Å². The van der Waals surface area contributed by atoms with Crippen molar-refractivity contribution in [2.45, 2.75) is 45.4 Å². The number of imide groups is 1. The van der Waals surface area contributed by atoms with Crippen LogP contribution in [0.2, 0.25) is 0 Å². The van der Waals surface area contributed by atoms with Gasteiger partial charge >= 0.3 is 0 Å². The fraction of sp³-hybridized carbons (Fsp3) is 0.792. The van der Waals surface area contributed by atoms with Crippen molar-refractivity contribution < 1.29 is 9.59 Å². The van der Waals surface area contributed by atoms with Crippen molar-refractivity contribution in [2.24, 2.45) is 34.6 Å². The lowest BCUT2D eigenvalue weighted by atomic mass is 9.85. The number of halogens is 1. The molecule has 7 nitrogen and oxygen atoms in total. The van der Waals surface area contributed by atoms with E-state index in [1.54, 1.807) is 7.05 Å². The van der Waals surface area contributed by atoms with Crippen LogP contribution in [0.1, 0.15) is 45.4 Å². The number of rotatable bonds is 9. The van der Waals surface area contributed by atoms with Crippen LogP contribution in [0, 0.1) is 29.6 Å². The molecule has 8 heteroatoms. The number of allylic oxidation sites excluding steroid dienone is 2. The number of aliphatic imine (C=N–C) groups is 1. The number of unbranched alkanes of at least 4 members (excludes halogenated alkanes) is 1. The number of carbonyl (C=O) groups excluding carboxylic acids is 2. The predicted octanol–water partition coefficient (Wildman–Crippen LogP) is 2.48. The van der Waals surface area contributed by atoms with Gasteiger partial charge in [-0.25, -0.2) is 0 Å². The monoisotopic (exact) mass is 557 g/mol. The summed E-state index contributed by atoms with van der Waals surface area (Å²) >= 11 is 0. The minimum absolute atomic E-state index is 0. The Kier molecular flexibility index (Phi) is 9.40. The van der Waals surface area contributed by atoms with Gasteiger partial charge in [-0.05, 0) is 69.4 Å². The van der Waals surface area contributed by atoms with Crippen molar-refractivity contribution in [1.82, 2.24) is 20.4 Å². The molecule has 4 aliphatic rings. The van der Waals surface area contributed by atoms with Crippen LogP contribution >= 0.6 is 24.0 Å². The lowest BCUT2D eigenvalue weighted by Crippen LogP contribution is -2.40. The van der Waals surface area contributed by atoms with Gasteiger partial charge in [-0.1, -0.05) is 19.1 Å². The van der Waals surface area contributed by atoms with E-state index in [1.165, 1.54) is 43.8 Å². The molecule has 2 aliphatic carbocycles. The van der Waals surface area contributed by atoms with E-state index >= 15 is 0 Å². The molecule has 0 spiro atoms. The molecule has 0 aromatic carbocycles. The van der Waals surface area contributed by atoms with Crippen LogP contribution in [0.5, 0.6) is 0 Å². The van der Waals surface area contributed by atoms with E-state index in [4.69, 9.17) is 0 Å². The van der Waals surface area contributed by atoms with Crippen LogP contribution in [-0.4, -0.2) is 73.9 Å². The summed E-state index contributed by atoms with van der Waals surface area (Å²) in [5, 5.41) is 6.70. The molecule has 2 N–H and O–H groups in total. The van der Waals surface area contributed by atoms with Crippen LogP contribution in [0.3, 0.4) is 0 Å². The number of guanidine groups is 1. The summed E-state index contributed by atoms with van der Waals surface area (Å²) in [6.07, 6.45) is 11.1. The summed E-state index contributed by atoms with van der Waals surface area (Å²) in [6.45, 7) is 8.15. The molecule has 3 fully saturated rings. The average Bonchev–Trinajstić information content (AvgIpc) is 3.44. The molecule has 2 saturated heterocycles. The molecular weight excluding hydrogens is 517 g/mol. The summed E-state index contributed by atoms with van der Waals surface area (Å²) in [6, 6.07) is 0. The van der Waals surface area contributed by atoms with Crippen molar-refractivity contribution in [2.75, 3.05) is 46.3 Å². The second-order valence-corrected chi connectivity index (χ2v) is 9.86. The first-order valence-electron chi connectivity index (χ1n) is 12.3. The quantitative estimate of drug-likeness (QED) is 0.114. The molecule has 2 bridgehead atoms. The third kappa shape index (κ3) is 5.66. The molecule has 0 aromatic heterocycles. The third-order valence-electron chi connectivity index (χ3n) is 7.57. The molecule has 5 unspecified atom stereocenters. The number of hydrogen-bond acceptors (Lipinski definition) is 4. The fourth-order valence-electron chi connectivity index (χ4n) is 6.01. The number of nitrogens with zero attached hydrogens (tertiary/aromatic N) is 3. The molecule has 180 valence electrons. The zero-order valence-electron chi connectivity index (χ0n) is 19.6. The second kappa shape index (κ2) is 11.8. The number of carbonyl (C=O) groups is 2. The lowest BCUT2D eigenvalue weighted by molar-refractivity contribution is -0.140. The normalized spacial score (nSPS) is 31.8. The standard InChI is InChI=1S/C24H39N5O2.HI/c1-17-7-5-13-28(16-17)12-4-3-10-26-24(25-2)27-11-6-14-29-22(30)20-18-8-9-19(15-18)21(20)23(29)31;/h8-9,17-21H,3-7,10-16H2,1-2H3,(H2,25,26,27);1H. The highest BCUT2D eigenvalue weighted by Crippen LogP contribution is 2.52. The lowest BCUT2D eigenvalue weighted by Gasteiger charge is -2.30. The maximum Gasteiger partial charge on any atom is 0.233 e. The van der Waals surface area contributed by atoms with E-state index in [0.29, 0.717) is 13.1 Å². The summed E-state index contributed by atoms with van der Waals surface area (Å²) in [7, 11) is 1.78. The predicted molar refractivity (Wildman–Crippen MR) is 138 cm³/mol. The van der Waals surface area contributed by atoms with Crippen LogP contribution < -0.4 is 10.6 Å². The highest BCUT2D eigenvalue weighted by atomic mass is 127. The summed E-state index contributed by atoms with van der Waals surface area (Å²) in [5.74, 6) is 2.15. The molecule has 2 aliphatic heterocycles. The molecule has 0 aromatic rings. The Morgan fingerprint density at radius 1 is 1.03 bits per heavy atom. The van der Waals surface area contributed by atoms with E-state index < -0.39 is 0 Å². The van der Waals surface area contributed by atoms with Crippen LogP contribution in [0.25, 0.3) is 0 Å². The molecule has 2 amide bonds. The number of fused-ring (bicyclic) bond motifs is 5. The van der Waals surface area contributed by atoms with Gasteiger partial charge in [0.15, 0.2) is 5.96 Å². The second-order valence-electron chi connectivity index (χ2n) is 9.86. The van der Waals surface area contributed by atoms with Gasteiger partial charge in [0.25, 0.3) is 0 Å². The first kappa shape index (κ1) is 25.5. The van der Waals surface area contributed by atoms with Crippen molar-refractivity contribution >= 4 is 41.8 Å². The van der Waals surface area contributed by atoms with Gasteiger partial charge in [0, 0.05) is 33.2 Å². The van der Waals surface area contributed by atoms with E-state index in [-0.39, 0.29) is 59.5 Å². The van der Waals surface area contributed by atoms with Crippen LogP contribution in [0.4, 0.5) is 0 Å².